The molecule has 138 valence electrons. The molecule has 2 rings (SSSR count). The van der Waals surface area contributed by atoms with Gasteiger partial charge in [0.2, 0.25) is 0 Å². The molecule has 8 nitrogen and oxygen atoms in total. The number of halogens is 2. The number of rotatable bonds is 6. The van der Waals surface area contributed by atoms with Gasteiger partial charge in [-0.1, -0.05) is 0 Å². The molecular weight excluding hydrogens is 338 g/mol. The summed E-state index contributed by atoms with van der Waals surface area (Å²) in [7, 11) is 3.89. The smallest absolute Gasteiger partial charge is 0.387 e. The highest BCUT2D eigenvalue weighted by atomic mass is 19.3. The van der Waals surface area contributed by atoms with Crippen molar-refractivity contribution < 1.29 is 23.2 Å². The quantitative estimate of drug-likeness (QED) is 0.624. The van der Waals surface area contributed by atoms with E-state index in [2.05, 4.69) is 10.1 Å². The fourth-order valence-corrected chi connectivity index (χ4v) is 2.80. The maximum Gasteiger partial charge on any atom is 0.387 e. The average Bonchev–Trinajstić information content (AvgIpc) is 2.96. The maximum atomic E-state index is 12.5. The minimum absolute atomic E-state index is 0.157. The normalized spacial score (nSPS) is 17.2. The van der Waals surface area contributed by atoms with Gasteiger partial charge in [0.25, 0.3) is 5.69 Å². The van der Waals surface area contributed by atoms with Crippen LogP contribution in [0.15, 0.2) is 18.2 Å². The van der Waals surface area contributed by atoms with Crippen LogP contribution in [-0.2, 0) is 0 Å². The van der Waals surface area contributed by atoms with Crippen LogP contribution in [0, 0.1) is 16.0 Å². The van der Waals surface area contributed by atoms with Gasteiger partial charge < -0.3 is 19.9 Å². The fraction of sp³-hybridized carbons (Fsp3) is 0.533. The number of likely N-dealkylation sites (tertiary alicyclic amines) is 1. The lowest BCUT2D eigenvalue weighted by Gasteiger charge is -2.20. The van der Waals surface area contributed by atoms with Gasteiger partial charge in [-0.15, -0.1) is 0 Å². The molecule has 1 heterocycles. The number of nitrogens with zero attached hydrogens (tertiary/aromatic N) is 3. The van der Waals surface area contributed by atoms with E-state index in [1.165, 1.54) is 0 Å². The summed E-state index contributed by atoms with van der Waals surface area (Å²) in [6, 6.07) is 2.58. The van der Waals surface area contributed by atoms with Crippen molar-refractivity contribution in [2.45, 2.75) is 13.0 Å². The highest BCUT2D eigenvalue weighted by Crippen LogP contribution is 2.31. The molecule has 2 amide bonds. The number of carbonyl (C=O) groups is 1. The minimum atomic E-state index is -3.10. The van der Waals surface area contributed by atoms with E-state index in [-0.39, 0.29) is 17.1 Å². The van der Waals surface area contributed by atoms with E-state index >= 15 is 0 Å². The molecule has 1 aliphatic rings. The minimum Gasteiger partial charge on any atom is -0.433 e. The number of carbonyl (C=O) groups excluding carboxylic acids is 1. The van der Waals surface area contributed by atoms with Crippen LogP contribution in [0.5, 0.6) is 5.75 Å². The third-order valence-corrected chi connectivity index (χ3v) is 3.83. The Balaban J connectivity index is 2.10. The van der Waals surface area contributed by atoms with E-state index in [0.717, 1.165) is 31.2 Å². The molecule has 0 radical (unpaired) electrons. The van der Waals surface area contributed by atoms with E-state index in [1.807, 2.05) is 19.0 Å². The first kappa shape index (κ1) is 18.8. The number of hydrogen-bond donors (Lipinski definition) is 1. The molecule has 0 unspecified atom stereocenters. The lowest BCUT2D eigenvalue weighted by molar-refractivity contribution is -0.384. The summed E-state index contributed by atoms with van der Waals surface area (Å²) < 4.78 is 29.3. The molecule has 1 N–H and O–H groups in total. The van der Waals surface area contributed by atoms with Gasteiger partial charge in [0.05, 0.1) is 10.6 Å². The summed E-state index contributed by atoms with van der Waals surface area (Å²) in [5, 5.41) is 13.3. The van der Waals surface area contributed by atoms with Crippen molar-refractivity contribution in [2.24, 2.45) is 5.92 Å². The Morgan fingerprint density at radius 1 is 1.52 bits per heavy atom. The first-order valence-corrected chi connectivity index (χ1v) is 7.70. The van der Waals surface area contributed by atoms with E-state index in [4.69, 9.17) is 0 Å². The highest BCUT2D eigenvalue weighted by Gasteiger charge is 2.27. The molecule has 1 fully saturated rings. The van der Waals surface area contributed by atoms with Gasteiger partial charge in [-0.3, -0.25) is 10.1 Å². The van der Waals surface area contributed by atoms with Crippen molar-refractivity contribution in [3.05, 3.63) is 28.3 Å². The molecule has 1 aliphatic heterocycles. The third kappa shape index (κ3) is 5.24. The number of ether oxygens (including phenoxy) is 1. The Morgan fingerprint density at radius 2 is 2.24 bits per heavy atom. The SMILES string of the molecule is CN(C)C[C@H]1CCN(C(=O)Nc2cc([N+](=O)[O-])ccc2OC(F)F)C1. The van der Waals surface area contributed by atoms with Gasteiger partial charge in [-0.05, 0) is 32.5 Å². The van der Waals surface area contributed by atoms with Crippen LogP contribution in [0.1, 0.15) is 6.42 Å². The van der Waals surface area contributed by atoms with Crippen LogP contribution < -0.4 is 10.1 Å². The van der Waals surface area contributed by atoms with Gasteiger partial charge in [-0.25, -0.2) is 4.79 Å². The number of alkyl halides is 2. The molecule has 0 aliphatic carbocycles. The van der Waals surface area contributed by atoms with Crippen LogP contribution in [-0.4, -0.2) is 61.1 Å². The largest absolute Gasteiger partial charge is 0.433 e. The van der Waals surface area contributed by atoms with Crippen molar-refractivity contribution in [3.8, 4) is 5.75 Å². The van der Waals surface area contributed by atoms with Crippen LogP contribution >= 0.6 is 0 Å². The molecule has 0 saturated carbocycles. The molecular formula is C15H20F2N4O4. The zero-order chi connectivity index (χ0) is 18.6. The lowest BCUT2D eigenvalue weighted by Crippen LogP contribution is -2.34. The summed E-state index contributed by atoms with van der Waals surface area (Å²) in [6.45, 7) is -1.21. The number of hydrogen-bond acceptors (Lipinski definition) is 5. The second-order valence-electron chi connectivity index (χ2n) is 6.11. The Bertz CT molecular complexity index is 642. The molecule has 0 bridgehead atoms. The highest BCUT2D eigenvalue weighted by molar-refractivity contribution is 5.91. The summed E-state index contributed by atoms with van der Waals surface area (Å²) in [4.78, 5) is 26.1. The monoisotopic (exact) mass is 358 g/mol. The summed E-state index contributed by atoms with van der Waals surface area (Å²) in [5.74, 6) is 0.000586. The number of non-ortho nitro benzene ring substituents is 1. The predicted octanol–water partition coefficient (Wildman–Crippen LogP) is 2.61. The Morgan fingerprint density at radius 3 is 2.84 bits per heavy atom. The number of nitro benzene ring substituents is 1. The molecule has 0 spiro atoms. The Kier molecular flexibility index (Phi) is 6.07. The fourth-order valence-electron chi connectivity index (χ4n) is 2.80. The van der Waals surface area contributed by atoms with Gasteiger partial charge >= 0.3 is 12.6 Å². The molecule has 0 aromatic heterocycles. The van der Waals surface area contributed by atoms with Crippen LogP contribution in [0.2, 0.25) is 0 Å². The molecule has 10 heteroatoms. The first-order valence-electron chi connectivity index (χ1n) is 7.70. The van der Waals surface area contributed by atoms with Crippen LogP contribution in [0.4, 0.5) is 25.0 Å². The Labute approximate surface area is 143 Å². The number of amides is 2. The van der Waals surface area contributed by atoms with Gasteiger partial charge in [0.1, 0.15) is 5.75 Å². The lowest BCUT2D eigenvalue weighted by atomic mass is 10.1. The number of benzene rings is 1. The van der Waals surface area contributed by atoms with Crippen LogP contribution in [0.25, 0.3) is 0 Å². The third-order valence-electron chi connectivity index (χ3n) is 3.83. The van der Waals surface area contributed by atoms with Crippen molar-refractivity contribution in [1.29, 1.82) is 0 Å². The molecule has 1 atom stereocenters. The van der Waals surface area contributed by atoms with E-state index in [1.54, 1.807) is 4.90 Å². The van der Waals surface area contributed by atoms with Crippen molar-refractivity contribution in [3.63, 3.8) is 0 Å². The number of nitro groups is 1. The topological polar surface area (TPSA) is 88.0 Å². The number of anilines is 1. The number of urea groups is 1. The summed E-state index contributed by atoms with van der Waals surface area (Å²) >= 11 is 0. The van der Waals surface area contributed by atoms with Gasteiger partial charge in [0.15, 0.2) is 0 Å². The summed E-state index contributed by atoms with van der Waals surface area (Å²) in [6.07, 6.45) is 0.834. The maximum absolute atomic E-state index is 12.5. The first-order chi connectivity index (χ1) is 11.8. The van der Waals surface area contributed by atoms with Crippen molar-refractivity contribution >= 4 is 17.4 Å². The number of nitrogens with one attached hydrogen (secondary N) is 1. The van der Waals surface area contributed by atoms with Crippen molar-refractivity contribution in [1.82, 2.24) is 9.80 Å². The van der Waals surface area contributed by atoms with Gasteiger partial charge in [-0.2, -0.15) is 8.78 Å². The van der Waals surface area contributed by atoms with E-state index in [0.29, 0.717) is 19.0 Å². The summed E-state index contributed by atoms with van der Waals surface area (Å²) in [5.41, 5.74) is -0.487. The van der Waals surface area contributed by atoms with Gasteiger partial charge in [0, 0.05) is 31.8 Å². The zero-order valence-corrected chi connectivity index (χ0v) is 13.9. The molecule has 1 aromatic carbocycles. The standard InChI is InChI=1S/C15H20F2N4O4/c1-19(2)8-10-5-6-20(9-10)15(22)18-12-7-11(21(23)24)3-4-13(12)25-14(16)17/h3-4,7,10,14H,5-6,8-9H2,1-2H3,(H,18,22)/t10-/m1/s1. The second-order valence-corrected chi connectivity index (χ2v) is 6.11. The van der Waals surface area contributed by atoms with Crippen molar-refractivity contribution in [2.75, 3.05) is 39.0 Å². The van der Waals surface area contributed by atoms with Crippen LogP contribution in [0.3, 0.4) is 0 Å². The molecule has 25 heavy (non-hydrogen) atoms. The van der Waals surface area contributed by atoms with E-state index < -0.39 is 17.6 Å². The second kappa shape index (κ2) is 8.06. The predicted molar refractivity (Wildman–Crippen MR) is 87.0 cm³/mol. The van der Waals surface area contributed by atoms with E-state index in [9.17, 15) is 23.7 Å². The Hall–Kier alpha value is -2.49. The zero-order valence-electron chi connectivity index (χ0n) is 13.9. The molecule has 1 saturated heterocycles. The molecule has 1 aromatic rings. The average molecular weight is 358 g/mol.